The van der Waals surface area contributed by atoms with Crippen LogP contribution in [0.1, 0.15) is 23.2 Å². The minimum atomic E-state index is -1.07. The van der Waals surface area contributed by atoms with Crippen molar-refractivity contribution in [3.05, 3.63) is 29.3 Å². The van der Waals surface area contributed by atoms with E-state index in [0.29, 0.717) is 6.07 Å². The molecule has 6 heteroatoms. The molecule has 0 atom stereocenters. The number of ketones is 2. The maximum atomic E-state index is 13.5. The Balaban J connectivity index is 2.01. The second-order valence-corrected chi connectivity index (χ2v) is 4.74. The topological polar surface area (TPSA) is 54.5 Å². The lowest BCUT2D eigenvalue weighted by molar-refractivity contribution is -0.121. The van der Waals surface area contributed by atoms with Gasteiger partial charge < -0.3 is 0 Å². The molecule has 0 N–H and O–H groups in total. The number of carbonyl (C=O) groups excluding carboxylic acids is 3. The van der Waals surface area contributed by atoms with Crippen LogP contribution in [0.5, 0.6) is 0 Å². The number of fused-ring (bicyclic) bond motifs is 1. The van der Waals surface area contributed by atoms with Crippen LogP contribution in [0.3, 0.4) is 0 Å². The number of carbonyl (C=O) groups is 3. The number of amides is 1. The molecule has 1 fully saturated rings. The minimum absolute atomic E-state index is 0.0923. The van der Waals surface area contributed by atoms with Crippen LogP contribution >= 0.6 is 0 Å². The molecule has 2 aliphatic rings. The number of hydrogen-bond donors (Lipinski definition) is 0. The average Bonchev–Trinajstić information content (AvgIpc) is 3.14. The monoisotopic (exact) mass is 265 g/mol. The predicted octanol–water partition coefficient (Wildman–Crippen LogP) is 1.47. The lowest BCUT2D eigenvalue weighted by Crippen LogP contribution is -2.35. The zero-order chi connectivity index (χ0) is 13.7. The van der Waals surface area contributed by atoms with E-state index >= 15 is 0 Å². The smallest absolute Gasteiger partial charge is 0.297 e. The zero-order valence-electron chi connectivity index (χ0n) is 9.78. The van der Waals surface area contributed by atoms with E-state index in [0.717, 1.165) is 23.8 Å². The van der Waals surface area contributed by atoms with Gasteiger partial charge in [0.05, 0.1) is 17.8 Å². The normalized spacial score (nSPS) is 17.9. The number of rotatable bonds is 3. The van der Waals surface area contributed by atoms with Crippen LogP contribution in [-0.2, 0) is 9.59 Å². The van der Waals surface area contributed by atoms with E-state index in [1.807, 2.05) is 0 Å². The first-order valence-corrected chi connectivity index (χ1v) is 5.87. The van der Waals surface area contributed by atoms with Crippen molar-refractivity contribution in [1.29, 1.82) is 0 Å². The molecule has 3 rings (SSSR count). The second-order valence-electron chi connectivity index (χ2n) is 4.74. The van der Waals surface area contributed by atoms with Crippen molar-refractivity contribution in [3.63, 3.8) is 0 Å². The van der Waals surface area contributed by atoms with E-state index in [2.05, 4.69) is 0 Å². The molecule has 1 aromatic carbocycles. The fourth-order valence-corrected chi connectivity index (χ4v) is 2.18. The number of nitrogens with zero attached hydrogens (tertiary/aromatic N) is 1. The van der Waals surface area contributed by atoms with Crippen molar-refractivity contribution in [1.82, 2.24) is 0 Å². The summed E-state index contributed by atoms with van der Waals surface area (Å²) in [5.41, 5.74) is -0.600. The zero-order valence-corrected chi connectivity index (χ0v) is 9.78. The molecule has 4 nitrogen and oxygen atoms in total. The molecule has 0 unspecified atom stereocenters. The van der Waals surface area contributed by atoms with Crippen LogP contribution in [0.15, 0.2) is 12.1 Å². The van der Waals surface area contributed by atoms with Crippen molar-refractivity contribution in [2.45, 2.75) is 12.8 Å². The Morgan fingerprint density at radius 3 is 2.58 bits per heavy atom. The Bertz CT molecular complexity index is 623. The molecule has 1 saturated carbocycles. The van der Waals surface area contributed by atoms with E-state index in [4.69, 9.17) is 0 Å². The fraction of sp³-hybridized carbons (Fsp3) is 0.308. The number of Topliss-reactive ketones (excluding diaryl/α,β-unsaturated/α-hetero) is 2. The number of hydrogen-bond acceptors (Lipinski definition) is 3. The summed E-state index contributed by atoms with van der Waals surface area (Å²) in [5, 5.41) is 0. The van der Waals surface area contributed by atoms with Crippen LogP contribution in [-0.4, -0.2) is 24.0 Å². The van der Waals surface area contributed by atoms with Gasteiger partial charge in [0.2, 0.25) is 0 Å². The van der Waals surface area contributed by atoms with Gasteiger partial charge in [-0.15, -0.1) is 0 Å². The van der Waals surface area contributed by atoms with Gasteiger partial charge in [-0.1, -0.05) is 0 Å². The van der Waals surface area contributed by atoms with E-state index in [1.165, 1.54) is 0 Å². The van der Waals surface area contributed by atoms with E-state index < -0.39 is 28.9 Å². The molecule has 1 aliphatic heterocycles. The third-order valence-electron chi connectivity index (χ3n) is 3.34. The van der Waals surface area contributed by atoms with Gasteiger partial charge in [0.25, 0.3) is 11.7 Å². The molecule has 98 valence electrons. The predicted molar refractivity (Wildman–Crippen MR) is 60.8 cm³/mol. The van der Waals surface area contributed by atoms with Crippen LogP contribution < -0.4 is 4.90 Å². The Labute approximate surface area is 107 Å². The number of halogens is 2. The summed E-state index contributed by atoms with van der Waals surface area (Å²) in [6, 6.07) is 1.46. The molecule has 0 spiro atoms. The van der Waals surface area contributed by atoms with Crippen LogP contribution in [0.25, 0.3) is 0 Å². The third kappa shape index (κ3) is 1.83. The number of benzene rings is 1. The molecule has 1 aliphatic carbocycles. The summed E-state index contributed by atoms with van der Waals surface area (Å²) in [4.78, 5) is 35.9. The second kappa shape index (κ2) is 3.94. The van der Waals surface area contributed by atoms with Crippen molar-refractivity contribution >= 4 is 23.2 Å². The van der Waals surface area contributed by atoms with Crippen molar-refractivity contribution in [2.75, 3.05) is 11.4 Å². The first-order valence-electron chi connectivity index (χ1n) is 5.87. The highest BCUT2D eigenvalue weighted by molar-refractivity contribution is 6.52. The molecular formula is C13H9F2NO3. The summed E-state index contributed by atoms with van der Waals surface area (Å²) in [7, 11) is 0. The summed E-state index contributed by atoms with van der Waals surface area (Å²) in [5.74, 6) is -4.24. The van der Waals surface area contributed by atoms with E-state index in [-0.39, 0.29) is 23.9 Å². The standard InChI is InChI=1S/C13H9F2NO3/c14-7-3-8(15)11-9(4-7)16(13(19)12(11)18)5-10(17)6-1-2-6/h3-4,6H,1-2,5H2. The fourth-order valence-electron chi connectivity index (χ4n) is 2.18. The lowest BCUT2D eigenvalue weighted by Gasteiger charge is -2.15. The summed E-state index contributed by atoms with van der Waals surface area (Å²) >= 11 is 0. The van der Waals surface area contributed by atoms with Gasteiger partial charge in [0.15, 0.2) is 5.78 Å². The minimum Gasteiger partial charge on any atom is -0.297 e. The van der Waals surface area contributed by atoms with Gasteiger partial charge in [-0.2, -0.15) is 0 Å². The average molecular weight is 265 g/mol. The Morgan fingerprint density at radius 2 is 1.95 bits per heavy atom. The van der Waals surface area contributed by atoms with Crippen LogP contribution in [0.2, 0.25) is 0 Å². The lowest BCUT2D eigenvalue weighted by atomic mass is 10.1. The highest BCUT2D eigenvalue weighted by atomic mass is 19.1. The molecule has 0 radical (unpaired) electrons. The van der Waals surface area contributed by atoms with E-state index in [9.17, 15) is 23.2 Å². The summed E-state index contributed by atoms with van der Waals surface area (Å²) < 4.78 is 26.7. The first-order chi connectivity index (χ1) is 8.99. The summed E-state index contributed by atoms with van der Waals surface area (Å²) in [6.07, 6.45) is 1.53. The largest absolute Gasteiger partial charge is 0.300 e. The van der Waals surface area contributed by atoms with E-state index in [1.54, 1.807) is 0 Å². The summed E-state index contributed by atoms with van der Waals surface area (Å²) in [6.45, 7) is -0.300. The van der Waals surface area contributed by atoms with Gasteiger partial charge in [-0.25, -0.2) is 8.78 Å². The molecule has 1 amide bonds. The van der Waals surface area contributed by atoms with Crippen molar-refractivity contribution in [2.24, 2.45) is 5.92 Å². The van der Waals surface area contributed by atoms with Gasteiger partial charge >= 0.3 is 0 Å². The quantitative estimate of drug-likeness (QED) is 0.778. The Hall–Kier alpha value is -2.11. The molecule has 0 aromatic heterocycles. The molecule has 1 heterocycles. The highest BCUT2D eigenvalue weighted by Crippen LogP contribution is 2.34. The molecule has 19 heavy (non-hydrogen) atoms. The third-order valence-corrected chi connectivity index (χ3v) is 3.34. The van der Waals surface area contributed by atoms with Gasteiger partial charge in [0.1, 0.15) is 11.6 Å². The highest BCUT2D eigenvalue weighted by Gasteiger charge is 2.41. The SMILES string of the molecule is O=C1C(=O)N(CC(=O)C2CC2)c2cc(F)cc(F)c21. The molecule has 0 bridgehead atoms. The maximum absolute atomic E-state index is 13.5. The van der Waals surface area contributed by atoms with Crippen LogP contribution in [0, 0.1) is 17.6 Å². The van der Waals surface area contributed by atoms with Gasteiger partial charge in [0, 0.05) is 12.0 Å². The molecule has 1 aromatic rings. The maximum Gasteiger partial charge on any atom is 0.300 e. The Kier molecular flexibility index (Phi) is 2.48. The van der Waals surface area contributed by atoms with Gasteiger partial charge in [-0.05, 0) is 18.9 Å². The first kappa shape index (κ1) is 12.0. The Morgan fingerprint density at radius 1 is 1.26 bits per heavy atom. The van der Waals surface area contributed by atoms with Gasteiger partial charge in [-0.3, -0.25) is 19.3 Å². The molecular weight excluding hydrogens is 256 g/mol. The van der Waals surface area contributed by atoms with Crippen molar-refractivity contribution < 1.29 is 23.2 Å². The van der Waals surface area contributed by atoms with Crippen molar-refractivity contribution in [3.8, 4) is 0 Å². The molecule has 0 saturated heterocycles. The number of anilines is 1. The van der Waals surface area contributed by atoms with Crippen LogP contribution in [0.4, 0.5) is 14.5 Å².